The average Bonchev–Trinajstić information content (AvgIpc) is 2.92. The fourth-order valence-electron chi connectivity index (χ4n) is 4.38. The molecule has 0 radical (unpaired) electrons. The monoisotopic (exact) mass is 370 g/mol. The van der Waals surface area contributed by atoms with Gasteiger partial charge in [0.15, 0.2) is 0 Å². The standard InChI is InChI=1S/C17H20Cl2N2O3/c18-13-1-2-14(23)16(17(13)19)9-3-11-4-10(20-7-12(22)8-20)5-15(24)21(11)6-9/h1-2,9-12,22-23H,3-8H2/t9-,10+,11-/m0/s1. The van der Waals surface area contributed by atoms with E-state index in [-0.39, 0.29) is 35.8 Å². The lowest BCUT2D eigenvalue weighted by atomic mass is 9.90. The number of aromatic hydroxyl groups is 1. The van der Waals surface area contributed by atoms with E-state index >= 15 is 0 Å². The molecule has 3 saturated heterocycles. The van der Waals surface area contributed by atoms with Crippen LogP contribution in [0.25, 0.3) is 0 Å². The Hall–Kier alpha value is -1.01. The van der Waals surface area contributed by atoms with Gasteiger partial charge in [-0.05, 0) is 25.0 Å². The number of phenolic OH excluding ortho intramolecular Hbond substituents is 1. The quantitative estimate of drug-likeness (QED) is 0.837. The molecule has 0 bridgehead atoms. The molecule has 3 fully saturated rings. The van der Waals surface area contributed by atoms with Gasteiger partial charge in [-0.2, -0.15) is 0 Å². The number of β-amino-alcohol motifs (C(OH)–C–C–N with tert-alkyl or cyclic N) is 1. The molecule has 1 aromatic rings. The van der Waals surface area contributed by atoms with Gasteiger partial charge in [-0.3, -0.25) is 9.69 Å². The van der Waals surface area contributed by atoms with Crippen LogP contribution in [0.1, 0.15) is 30.7 Å². The number of phenols is 1. The van der Waals surface area contributed by atoms with Crippen LogP contribution in [-0.4, -0.2) is 63.7 Å². The molecule has 0 saturated carbocycles. The van der Waals surface area contributed by atoms with Crippen LogP contribution in [0.15, 0.2) is 12.1 Å². The summed E-state index contributed by atoms with van der Waals surface area (Å²) in [6.07, 6.45) is 1.95. The molecule has 4 rings (SSSR count). The predicted molar refractivity (Wildman–Crippen MR) is 91.6 cm³/mol. The lowest BCUT2D eigenvalue weighted by Crippen LogP contribution is -2.59. The second-order valence-corrected chi connectivity index (χ2v) is 7.91. The molecule has 3 aliphatic rings. The third-order valence-corrected chi connectivity index (χ3v) is 6.43. The summed E-state index contributed by atoms with van der Waals surface area (Å²) in [7, 11) is 0. The molecule has 3 atom stereocenters. The van der Waals surface area contributed by atoms with Gasteiger partial charge in [0.2, 0.25) is 5.91 Å². The van der Waals surface area contributed by atoms with Crippen LogP contribution in [-0.2, 0) is 4.79 Å². The first-order valence-corrected chi connectivity index (χ1v) is 9.08. The van der Waals surface area contributed by atoms with Crippen molar-refractivity contribution < 1.29 is 15.0 Å². The lowest BCUT2D eigenvalue weighted by molar-refractivity contribution is -0.140. The zero-order valence-electron chi connectivity index (χ0n) is 13.2. The van der Waals surface area contributed by atoms with Gasteiger partial charge < -0.3 is 15.1 Å². The van der Waals surface area contributed by atoms with E-state index in [1.165, 1.54) is 0 Å². The van der Waals surface area contributed by atoms with Gasteiger partial charge in [0.05, 0.1) is 16.1 Å². The Bertz CT molecular complexity index is 678. The maximum Gasteiger partial charge on any atom is 0.224 e. The van der Waals surface area contributed by atoms with E-state index in [1.807, 2.05) is 4.90 Å². The van der Waals surface area contributed by atoms with Gasteiger partial charge in [-0.25, -0.2) is 0 Å². The van der Waals surface area contributed by atoms with Gasteiger partial charge >= 0.3 is 0 Å². The highest BCUT2D eigenvalue weighted by Crippen LogP contribution is 2.45. The Kier molecular flexibility index (Phi) is 4.15. The summed E-state index contributed by atoms with van der Waals surface area (Å²) in [4.78, 5) is 16.7. The fourth-order valence-corrected chi connectivity index (χ4v) is 4.86. The van der Waals surface area contributed by atoms with E-state index in [9.17, 15) is 15.0 Å². The van der Waals surface area contributed by atoms with Crippen LogP contribution in [0.2, 0.25) is 10.0 Å². The van der Waals surface area contributed by atoms with Crippen LogP contribution >= 0.6 is 23.2 Å². The first kappa shape index (κ1) is 16.5. The molecule has 0 spiro atoms. The first-order valence-electron chi connectivity index (χ1n) is 8.32. The van der Waals surface area contributed by atoms with E-state index in [1.54, 1.807) is 12.1 Å². The Morgan fingerprint density at radius 3 is 2.54 bits per heavy atom. The van der Waals surface area contributed by atoms with Crippen LogP contribution < -0.4 is 0 Å². The van der Waals surface area contributed by atoms with Crippen molar-refractivity contribution in [3.8, 4) is 5.75 Å². The number of carbonyl (C=O) groups excluding carboxylic acids is 1. The second kappa shape index (κ2) is 6.06. The molecule has 0 unspecified atom stereocenters. The number of rotatable bonds is 2. The molecule has 3 heterocycles. The number of fused-ring (bicyclic) bond motifs is 1. The fraction of sp³-hybridized carbons (Fsp3) is 0.588. The number of likely N-dealkylation sites (tertiary alicyclic amines) is 1. The van der Waals surface area contributed by atoms with E-state index in [0.717, 1.165) is 12.8 Å². The van der Waals surface area contributed by atoms with Crippen LogP contribution in [0.5, 0.6) is 5.75 Å². The predicted octanol–water partition coefficient (Wildman–Crippen LogP) is 2.22. The summed E-state index contributed by atoms with van der Waals surface area (Å²) in [5.74, 6) is 0.299. The normalized spacial score (nSPS) is 31.2. The molecule has 2 N–H and O–H groups in total. The van der Waals surface area contributed by atoms with Gasteiger partial charge in [0, 0.05) is 49.6 Å². The maximum absolute atomic E-state index is 12.5. The summed E-state index contributed by atoms with van der Waals surface area (Å²) in [5, 5.41) is 20.5. The number of carbonyl (C=O) groups is 1. The summed E-state index contributed by atoms with van der Waals surface area (Å²) in [5.41, 5.74) is 0.655. The van der Waals surface area contributed by atoms with Gasteiger partial charge in [-0.1, -0.05) is 23.2 Å². The molecule has 3 aliphatic heterocycles. The minimum absolute atomic E-state index is 0.00545. The number of aliphatic hydroxyl groups is 1. The van der Waals surface area contributed by atoms with E-state index in [2.05, 4.69) is 4.90 Å². The molecule has 5 nitrogen and oxygen atoms in total. The molecule has 1 amide bonds. The minimum Gasteiger partial charge on any atom is -0.508 e. The zero-order valence-corrected chi connectivity index (χ0v) is 14.7. The number of aliphatic hydroxyl groups excluding tert-OH is 1. The van der Waals surface area contributed by atoms with Crippen molar-refractivity contribution in [3.63, 3.8) is 0 Å². The highest BCUT2D eigenvalue weighted by molar-refractivity contribution is 6.42. The van der Waals surface area contributed by atoms with E-state index in [4.69, 9.17) is 23.2 Å². The van der Waals surface area contributed by atoms with Crippen molar-refractivity contribution in [2.75, 3.05) is 19.6 Å². The minimum atomic E-state index is -0.253. The van der Waals surface area contributed by atoms with Crippen molar-refractivity contribution >= 4 is 29.1 Å². The third-order valence-electron chi connectivity index (χ3n) is 5.61. The number of hydrogen-bond donors (Lipinski definition) is 2. The topological polar surface area (TPSA) is 64.0 Å². The van der Waals surface area contributed by atoms with Gasteiger partial charge in [-0.15, -0.1) is 0 Å². The molecule has 130 valence electrons. The molecular formula is C17H20Cl2N2O3. The summed E-state index contributed by atoms with van der Waals surface area (Å²) in [6.45, 7) is 1.90. The number of hydrogen-bond acceptors (Lipinski definition) is 4. The van der Waals surface area contributed by atoms with E-state index < -0.39 is 0 Å². The average molecular weight is 371 g/mol. The molecule has 0 aliphatic carbocycles. The molecule has 0 aromatic heterocycles. The van der Waals surface area contributed by atoms with Crippen LogP contribution in [0, 0.1) is 0 Å². The summed E-state index contributed by atoms with van der Waals surface area (Å²) < 4.78 is 0. The molecule has 7 heteroatoms. The number of amides is 1. The summed E-state index contributed by atoms with van der Waals surface area (Å²) in [6, 6.07) is 3.52. The Morgan fingerprint density at radius 1 is 1.08 bits per heavy atom. The van der Waals surface area contributed by atoms with Crippen molar-refractivity contribution in [2.45, 2.75) is 43.4 Å². The van der Waals surface area contributed by atoms with Gasteiger partial charge in [0.25, 0.3) is 0 Å². The first-order chi connectivity index (χ1) is 11.4. The highest BCUT2D eigenvalue weighted by Gasteiger charge is 2.45. The number of nitrogens with zero attached hydrogens (tertiary/aromatic N) is 2. The second-order valence-electron chi connectivity index (χ2n) is 7.13. The van der Waals surface area contributed by atoms with Crippen molar-refractivity contribution in [2.24, 2.45) is 0 Å². The zero-order chi connectivity index (χ0) is 17.0. The number of benzene rings is 1. The Morgan fingerprint density at radius 2 is 1.83 bits per heavy atom. The smallest absolute Gasteiger partial charge is 0.224 e. The van der Waals surface area contributed by atoms with E-state index in [0.29, 0.717) is 41.7 Å². The molecular weight excluding hydrogens is 351 g/mol. The third kappa shape index (κ3) is 2.68. The van der Waals surface area contributed by atoms with Crippen LogP contribution in [0.4, 0.5) is 0 Å². The Balaban J connectivity index is 1.53. The largest absolute Gasteiger partial charge is 0.508 e. The summed E-state index contributed by atoms with van der Waals surface area (Å²) >= 11 is 12.4. The Labute approximate surface area is 150 Å². The van der Waals surface area contributed by atoms with Crippen molar-refractivity contribution in [1.29, 1.82) is 0 Å². The lowest BCUT2D eigenvalue weighted by Gasteiger charge is -2.46. The van der Waals surface area contributed by atoms with Crippen LogP contribution in [0.3, 0.4) is 0 Å². The number of halogens is 2. The number of piperidine rings is 1. The van der Waals surface area contributed by atoms with Gasteiger partial charge in [0.1, 0.15) is 5.75 Å². The SMILES string of the molecule is O=C1C[C@H](N2CC(O)C2)C[C@@H]2C[C@H](c3c(O)ccc(Cl)c3Cl)CN12. The molecule has 24 heavy (non-hydrogen) atoms. The van der Waals surface area contributed by atoms with Crippen molar-refractivity contribution in [1.82, 2.24) is 9.80 Å². The highest BCUT2D eigenvalue weighted by atomic mass is 35.5. The maximum atomic E-state index is 12.5. The molecule has 1 aromatic carbocycles. The van der Waals surface area contributed by atoms with Crippen molar-refractivity contribution in [3.05, 3.63) is 27.7 Å².